The maximum atomic E-state index is 12.1. The fraction of sp³-hybridized carbons (Fsp3) is 0.231. The molecule has 2 rings (SSSR count). The molecule has 0 aliphatic rings. The second-order valence-electron chi connectivity index (χ2n) is 4.19. The highest BCUT2D eigenvalue weighted by Gasteiger charge is 2.14. The van der Waals surface area contributed by atoms with Crippen molar-refractivity contribution >= 4 is 5.91 Å². The number of benzene rings is 1. The number of hydrogen-bond acceptors (Lipinski definition) is 3. The molecule has 0 fully saturated rings. The van der Waals surface area contributed by atoms with Gasteiger partial charge in [-0.1, -0.05) is 18.2 Å². The highest BCUT2D eigenvalue weighted by molar-refractivity contribution is 5.93. The molecule has 1 amide bonds. The molecule has 0 spiro atoms. The minimum atomic E-state index is -0.119. The molecular weight excluding hydrogens is 230 g/mol. The fourth-order valence-corrected chi connectivity index (χ4v) is 1.72. The Hall–Kier alpha value is -2.30. The molecular formula is C13H15N3O2. The third-order valence-electron chi connectivity index (χ3n) is 2.70. The number of hydrogen-bond donors (Lipinski definition) is 1. The van der Waals surface area contributed by atoms with E-state index in [1.165, 1.54) is 6.20 Å². The summed E-state index contributed by atoms with van der Waals surface area (Å²) in [5.41, 5.74) is 1.26. The van der Waals surface area contributed by atoms with Gasteiger partial charge < -0.3 is 10.0 Å². The van der Waals surface area contributed by atoms with Gasteiger partial charge in [-0.2, -0.15) is 5.10 Å². The first-order valence-electron chi connectivity index (χ1n) is 5.59. The van der Waals surface area contributed by atoms with Gasteiger partial charge in [0.2, 0.25) is 0 Å². The van der Waals surface area contributed by atoms with Crippen LogP contribution in [0.5, 0.6) is 5.75 Å². The van der Waals surface area contributed by atoms with Gasteiger partial charge in [0.25, 0.3) is 5.91 Å². The molecule has 0 saturated heterocycles. The van der Waals surface area contributed by atoms with E-state index in [1.807, 2.05) is 6.07 Å². The van der Waals surface area contributed by atoms with E-state index in [1.54, 1.807) is 48.1 Å². The van der Waals surface area contributed by atoms with Crippen molar-refractivity contribution in [3.8, 4) is 5.75 Å². The molecule has 1 heterocycles. The van der Waals surface area contributed by atoms with Crippen LogP contribution in [0.3, 0.4) is 0 Å². The summed E-state index contributed by atoms with van der Waals surface area (Å²) in [5.74, 6) is 0.0784. The Balaban J connectivity index is 2.11. The molecule has 0 radical (unpaired) electrons. The molecule has 2 aromatic rings. The van der Waals surface area contributed by atoms with E-state index in [2.05, 4.69) is 5.10 Å². The Morgan fingerprint density at radius 2 is 2.17 bits per heavy atom. The Bertz CT molecular complexity index is 563. The molecule has 0 saturated carbocycles. The van der Waals surface area contributed by atoms with Gasteiger partial charge in [0.15, 0.2) is 0 Å². The highest BCUT2D eigenvalue weighted by Crippen LogP contribution is 2.17. The SMILES string of the molecule is CN(Cc1ccccc1O)C(=O)c1cnn(C)c1. The lowest BCUT2D eigenvalue weighted by molar-refractivity contribution is 0.0784. The summed E-state index contributed by atoms with van der Waals surface area (Å²) in [7, 11) is 3.46. The Labute approximate surface area is 105 Å². The summed E-state index contributed by atoms with van der Waals surface area (Å²) in [6.45, 7) is 0.362. The lowest BCUT2D eigenvalue weighted by atomic mass is 10.2. The van der Waals surface area contributed by atoms with Crippen molar-refractivity contribution in [2.45, 2.75) is 6.54 Å². The Morgan fingerprint density at radius 3 is 2.78 bits per heavy atom. The predicted molar refractivity (Wildman–Crippen MR) is 67.1 cm³/mol. The highest BCUT2D eigenvalue weighted by atomic mass is 16.3. The van der Waals surface area contributed by atoms with Gasteiger partial charge in [0.1, 0.15) is 5.75 Å². The van der Waals surface area contributed by atoms with Crippen LogP contribution in [0.4, 0.5) is 0 Å². The monoisotopic (exact) mass is 245 g/mol. The average Bonchev–Trinajstić information content (AvgIpc) is 2.78. The standard InChI is InChI=1S/C13H15N3O2/c1-15(8-10-5-3-4-6-12(10)17)13(18)11-7-14-16(2)9-11/h3-7,9,17H,8H2,1-2H3. The van der Waals surface area contributed by atoms with E-state index in [4.69, 9.17) is 0 Å². The topological polar surface area (TPSA) is 58.4 Å². The van der Waals surface area contributed by atoms with Crippen LogP contribution in [0.25, 0.3) is 0 Å². The maximum Gasteiger partial charge on any atom is 0.257 e. The van der Waals surface area contributed by atoms with Crippen LogP contribution in [-0.2, 0) is 13.6 Å². The van der Waals surface area contributed by atoms with Gasteiger partial charge >= 0.3 is 0 Å². The molecule has 0 aliphatic heterocycles. The maximum absolute atomic E-state index is 12.1. The molecule has 1 N–H and O–H groups in total. The summed E-state index contributed by atoms with van der Waals surface area (Å²) in [6, 6.07) is 6.99. The molecule has 18 heavy (non-hydrogen) atoms. The van der Waals surface area contributed by atoms with Crippen molar-refractivity contribution in [2.75, 3.05) is 7.05 Å². The zero-order valence-electron chi connectivity index (χ0n) is 10.4. The lowest BCUT2D eigenvalue weighted by Gasteiger charge is -2.16. The average molecular weight is 245 g/mol. The fourth-order valence-electron chi connectivity index (χ4n) is 1.72. The van der Waals surface area contributed by atoms with E-state index >= 15 is 0 Å². The van der Waals surface area contributed by atoms with Gasteiger partial charge in [-0.25, -0.2) is 0 Å². The zero-order chi connectivity index (χ0) is 13.1. The number of phenolic OH excluding ortho intramolecular Hbond substituents is 1. The Kier molecular flexibility index (Phi) is 3.32. The van der Waals surface area contributed by atoms with Gasteiger partial charge in [0.05, 0.1) is 11.8 Å². The number of carbonyl (C=O) groups is 1. The molecule has 5 nitrogen and oxygen atoms in total. The van der Waals surface area contributed by atoms with E-state index in [0.29, 0.717) is 12.1 Å². The van der Waals surface area contributed by atoms with Crippen LogP contribution < -0.4 is 0 Å². The van der Waals surface area contributed by atoms with Crippen LogP contribution in [0.2, 0.25) is 0 Å². The van der Waals surface area contributed by atoms with Crippen LogP contribution in [0, 0.1) is 0 Å². The molecule has 94 valence electrons. The largest absolute Gasteiger partial charge is 0.508 e. The van der Waals surface area contributed by atoms with Crippen LogP contribution >= 0.6 is 0 Å². The van der Waals surface area contributed by atoms with E-state index in [0.717, 1.165) is 5.56 Å². The van der Waals surface area contributed by atoms with Crippen molar-refractivity contribution in [3.05, 3.63) is 47.8 Å². The summed E-state index contributed by atoms with van der Waals surface area (Å²) in [5, 5.41) is 13.6. The van der Waals surface area contributed by atoms with E-state index in [9.17, 15) is 9.90 Å². The van der Waals surface area contributed by atoms with Gasteiger partial charge in [0, 0.05) is 32.4 Å². The molecule has 0 unspecified atom stereocenters. The molecule has 0 bridgehead atoms. The third kappa shape index (κ3) is 2.51. The van der Waals surface area contributed by atoms with Gasteiger partial charge in [-0.05, 0) is 6.07 Å². The zero-order valence-corrected chi connectivity index (χ0v) is 10.4. The third-order valence-corrected chi connectivity index (χ3v) is 2.70. The smallest absolute Gasteiger partial charge is 0.257 e. The van der Waals surface area contributed by atoms with Crippen molar-refractivity contribution in [1.29, 1.82) is 0 Å². The summed E-state index contributed by atoms with van der Waals surface area (Å²) < 4.78 is 1.58. The van der Waals surface area contributed by atoms with Crippen molar-refractivity contribution in [2.24, 2.45) is 7.05 Å². The number of nitrogens with zero attached hydrogens (tertiary/aromatic N) is 3. The number of rotatable bonds is 3. The normalized spacial score (nSPS) is 10.3. The number of phenols is 1. The molecule has 0 aliphatic carbocycles. The predicted octanol–water partition coefficient (Wildman–Crippen LogP) is 1.40. The summed E-state index contributed by atoms with van der Waals surface area (Å²) in [6.07, 6.45) is 3.20. The van der Waals surface area contributed by atoms with Crippen molar-refractivity contribution in [1.82, 2.24) is 14.7 Å². The first-order valence-corrected chi connectivity index (χ1v) is 5.59. The number of carbonyl (C=O) groups excluding carboxylic acids is 1. The summed E-state index contributed by atoms with van der Waals surface area (Å²) >= 11 is 0. The van der Waals surface area contributed by atoms with Gasteiger partial charge in [-0.15, -0.1) is 0 Å². The van der Waals surface area contributed by atoms with Crippen molar-refractivity contribution in [3.63, 3.8) is 0 Å². The Morgan fingerprint density at radius 1 is 1.44 bits per heavy atom. The second-order valence-corrected chi connectivity index (χ2v) is 4.19. The van der Waals surface area contributed by atoms with E-state index in [-0.39, 0.29) is 11.7 Å². The number of aryl methyl sites for hydroxylation is 1. The van der Waals surface area contributed by atoms with Crippen LogP contribution in [0.15, 0.2) is 36.7 Å². The molecule has 1 aromatic carbocycles. The molecule has 1 aromatic heterocycles. The van der Waals surface area contributed by atoms with E-state index < -0.39 is 0 Å². The van der Waals surface area contributed by atoms with Crippen molar-refractivity contribution < 1.29 is 9.90 Å². The first kappa shape index (κ1) is 12.2. The van der Waals surface area contributed by atoms with Crippen LogP contribution in [0.1, 0.15) is 15.9 Å². The number of amides is 1. The van der Waals surface area contributed by atoms with Gasteiger partial charge in [-0.3, -0.25) is 9.48 Å². The number of para-hydroxylation sites is 1. The first-order chi connectivity index (χ1) is 8.58. The second kappa shape index (κ2) is 4.91. The lowest BCUT2D eigenvalue weighted by Crippen LogP contribution is -2.25. The summed E-state index contributed by atoms with van der Waals surface area (Å²) in [4.78, 5) is 13.6. The molecule has 0 atom stereocenters. The minimum Gasteiger partial charge on any atom is -0.508 e. The number of aromatic nitrogens is 2. The van der Waals surface area contributed by atoms with Crippen LogP contribution in [-0.4, -0.2) is 32.7 Å². The quantitative estimate of drug-likeness (QED) is 0.889. The molecule has 5 heteroatoms. The number of aromatic hydroxyl groups is 1. The minimum absolute atomic E-state index is 0.119.